The number of aromatic nitrogens is 1. The minimum absolute atomic E-state index is 0.111. The highest BCUT2D eigenvalue weighted by Gasteiger charge is 2.21. The molecule has 2 rings (SSSR count). The number of rotatable bonds is 4. The SMILES string of the molecule is CC(C)(O)CNc1c([N+](=O)[O-])cnc2ccc(Br)cc12. The van der Waals surface area contributed by atoms with Crippen LogP contribution in [0.5, 0.6) is 0 Å². The van der Waals surface area contributed by atoms with Gasteiger partial charge in [-0.2, -0.15) is 0 Å². The van der Waals surface area contributed by atoms with Crippen LogP contribution >= 0.6 is 15.9 Å². The van der Waals surface area contributed by atoms with E-state index in [-0.39, 0.29) is 12.2 Å². The maximum atomic E-state index is 11.1. The number of nitrogens with zero attached hydrogens (tertiary/aromatic N) is 2. The molecule has 1 aromatic carbocycles. The van der Waals surface area contributed by atoms with Gasteiger partial charge in [0.25, 0.3) is 0 Å². The molecule has 0 fully saturated rings. The summed E-state index contributed by atoms with van der Waals surface area (Å²) in [5, 5.41) is 24.5. The minimum Gasteiger partial charge on any atom is -0.389 e. The first-order valence-electron chi connectivity index (χ1n) is 5.97. The lowest BCUT2D eigenvalue weighted by molar-refractivity contribution is -0.384. The van der Waals surface area contributed by atoms with E-state index in [2.05, 4.69) is 26.2 Å². The van der Waals surface area contributed by atoms with Crippen molar-refractivity contribution in [2.24, 2.45) is 0 Å². The van der Waals surface area contributed by atoms with Gasteiger partial charge >= 0.3 is 5.69 Å². The average molecular weight is 340 g/mol. The van der Waals surface area contributed by atoms with Crippen LogP contribution in [0.1, 0.15) is 13.8 Å². The van der Waals surface area contributed by atoms with Crippen LogP contribution in [0.15, 0.2) is 28.9 Å². The van der Waals surface area contributed by atoms with Crippen LogP contribution in [0.2, 0.25) is 0 Å². The second kappa shape index (κ2) is 5.34. The molecular weight excluding hydrogens is 326 g/mol. The van der Waals surface area contributed by atoms with Gasteiger partial charge in [-0.05, 0) is 32.0 Å². The molecule has 20 heavy (non-hydrogen) atoms. The lowest BCUT2D eigenvalue weighted by Crippen LogP contribution is -2.29. The summed E-state index contributed by atoms with van der Waals surface area (Å²) in [6.07, 6.45) is 1.23. The van der Waals surface area contributed by atoms with Crippen LogP contribution < -0.4 is 5.32 Å². The molecule has 0 radical (unpaired) electrons. The summed E-state index contributed by atoms with van der Waals surface area (Å²) in [4.78, 5) is 14.7. The molecule has 0 amide bonds. The molecule has 2 N–H and O–H groups in total. The summed E-state index contributed by atoms with van der Waals surface area (Å²) in [5.74, 6) is 0. The zero-order chi connectivity index (χ0) is 14.9. The van der Waals surface area contributed by atoms with Crippen LogP contribution in [-0.2, 0) is 0 Å². The number of fused-ring (bicyclic) bond motifs is 1. The van der Waals surface area contributed by atoms with E-state index in [1.807, 2.05) is 6.07 Å². The summed E-state index contributed by atoms with van der Waals surface area (Å²) >= 11 is 3.34. The van der Waals surface area contributed by atoms with Crippen molar-refractivity contribution in [3.8, 4) is 0 Å². The molecule has 0 unspecified atom stereocenters. The molecule has 6 nitrogen and oxygen atoms in total. The fourth-order valence-electron chi connectivity index (χ4n) is 1.78. The summed E-state index contributed by atoms with van der Waals surface area (Å²) in [5.41, 5.74) is -0.0736. The quantitative estimate of drug-likeness (QED) is 0.660. The Hall–Kier alpha value is -1.73. The third-order valence-electron chi connectivity index (χ3n) is 2.70. The summed E-state index contributed by atoms with van der Waals surface area (Å²) < 4.78 is 0.804. The van der Waals surface area contributed by atoms with Gasteiger partial charge in [0, 0.05) is 16.4 Å². The molecule has 0 aliphatic heterocycles. The molecular formula is C13H14BrN3O3. The topological polar surface area (TPSA) is 88.3 Å². The van der Waals surface area contributed by atoms with Gasteiger partial charge in [-0.3, -0.25) is 10.1 Å². The van der Waals surface area contributed by atoms with Gasteiger partial charge in [0.2, 0.25) is 0 Å². The fraction of sp³-hybridized carbons (Fsp3) is 0.308. The zero-order valence-corrected chi connectivity index (χ0v) is 12.6. The Morgan fingerprint density at radius 2 is 2.20 bits per heavy atom. The van der Waals surface area contributed by atoms with E-state index in [1.54, 1.807) is 26.0 Å². The van der Waals surface area contributed by atoms with Crippen molar-refractivity contribution in [2.75, 3.05) is 11.9 Å². The third kappa shape index (κ3) is 3.23. The van der Waals surface area contributed by atoms with Crippen molar-refractivity contribution >= 4 is 38.2 Å². The van der Waals surface area contributed by atoms with E-state index >= 15 is 0 Å². The van der Waals surface area contributed by atoms with Gasteiger partial charge in [-0.15, -0.1) is 0 Å². The number of hydrogen-bond donors (Lipinski definition) is 2. The highest BCUT2D eigenvalue weighted by atomic mass is 79.9. The van der Waals surface area contributed by atoms with Gasteiger partial charge in [0.15, 0.2) is 0 Å². The number of halogens is 1. The first-order valence-corrected chi connectivity index (χ1v) is 6.76. The first-order chi connectivity index (χ1) is 9.28. The highest BCUT2D eigenvalue weighted by molar-refractivity contribution is 9.10. The molecule has 0 spiro atoms. The van der Waals surface area contributed by atoms with Gasteiger partial charge in [0.05, 0.1) is 16.0 Å². The molecule has 2 aromatic rings. The fourth-order valence-corrected chi connectivity index (χ4v) is 2.14. The Kier molecular flexibility index (Phi) is 3.92. The Labute approximate surface area is 124 Å². The number of nitro groups is 1. The lowest BCUT2D eigenvalue weighted by atomic mass is 10.1. The van der Waals surface area contributed by atoms with Crippen LogP contribution in [0.4, 0.5) is 11.4 Å². The van der Waals surface area contributed by atoms with Crippen LogP contribution in [-0.4, -0.2) is 27.2 Å². The number of benzene rings is 1. The molecule has 1 heterocycles. The number of anilines is 1. The molecule has 1 aromatic heterocycles. The molecule has 0 atom stereocenters. The molecule has 0 bridgehead atoms. The Bertz CT molecular complexity index is 668. The Morgan fingerprint density at radius 1 is 1.50 bits per heavy atom. The third-order valence-corrected chi connectivity index (χ3v) is 3.20. The zero-order valence-electron chi connectivity index (χ0n) is 11.1. The van der Waals surface area contributed by atoms with Crippen molar-refractivity contribution in [1.82, 2.24) is 4.98 Å². The number of pyridine rings is 1. The van der Waals surface area contributed by atoms with Gasteiger partial charge in [0.1, 0.15) is 11.9 Å². The van der Waals surface area contributed by atoms with Gasteiger partial charge < -0.3 is 10.4 Å². The van der Waals surface area contributed by atoms with E-state index in [0.29, 0.717) is 16.6 Å². The van der Waals surface area contributed by atoms with Crippen molar-refractivity contribution in [3.63, 3.8) is 0 Å². The summed E-state index contributed by atoms with van der Waals surface area (Å²) in [7, 11) is 0. The van der Waals surface area contributed by atoms with E-state index < -0.39 is 10.5 Å². The summed E-state index contributed by atoms with van der Waals surface area (Å²) in [6.45, 7) is 3.45. The van der Waals surface area contributed by atoms with E-state index in [9.17, 15) is 15.2 Å². The monoisotopic (exact) mass is 339 g/mol. The number of hydrogen-bond acceptors (Lipinski definition) is 5. The maximum absolute atomic E-state index is 11.1. The lowest BCUT2D eigenvalue weighted by Gasteiger charge is -2.19. The molecule has 0 saturated carbocycles. The molecule has 0 saturated heterocycles. The predicted molar refractivity (Wildman–Crippen MR) is 80.9 cm³/mol. The van der Waals surface area contributed by atoms with Crippen LogP contribution in [0.25, 0.3) is 10.9 Å². The minimum atomic E-state index is -0.977. The molecule has 7 heteroatoms. The second-order valence-electron chi connectivity index (χ2n) is 5.10. The van der Waals surface area contributed by atoms with Crippen LogP contribution in [0.3, 0.4) is 0 Å². The van der Waals surface area contributed by atoms with Gasteiger partial charge in [-0.25, -0.2) is 4.98 Å². The van der Waals surface area contributed by atoms with E-state index in [0.717, 1.165) is 4.47 Å². The Balaban J connectivity index is 2.58. The smallest absolute Gasteiger partial charge is 0.311 e. The van der Waals surface area contributed by atoms with Crippen molar-refractivity contribution < 1.29 is 10.0 Å². The summed E-state index contributed by atoms with van der Waals surface area (Å²) in [6, 6.07) is 5.36. The van der Waals surface area contributed by atoms with Crippen molar-refractivity contribution in [3.05, 3.63) is 39.0 Å². The van der Waals surface area contributed by atoms with Crippen molar-refractivity contribution in [1.29, 1.82) is 0 Å². The highest BCUT2D eigenvalue weighted by Crippen LogP contribution is 2.33. The maximum Gasteiger partial charge on any atom is 0.311 e. The standard InChI is InChI=1S/C13H14BrN3O3/c1-13(2,18)7-16-12-9-5-8(14)3-4-10(9)15-6-11(12)17(19)20/h3-6,18H,7H2,1-2H3,(H,15,16). The van der Waals surface area contributed by atoms with E-state index in [1.165, 1.54) is 6.20 Å². The predicted octanol–water partition coefficient (Wildman–Crippen LogP) is 3.09. The second-order valence-corrected chi connectivity index (χ2v) is 6.02. The largest absolute Gasteiger partial charge is 0.389 e. The molecule has 106 valence electrons. The first kappa shape index (κ1) is 14.7. The van der Waals surface area contributed by atoms with E-state index in [4.69, 9.17) is 0 Å². The molecule has 0 aliphatic carbocycles. The van der Waals surface area contributed by atoms with Crippen LogP contribution in [0, 0.1) is 10.1 Å². The Morgan fingerprint density at radius 3 is 2.80 bits per heavy atom. The van der Waals surface area contributed by atoms with Gasteiger partial charge in [-0.1, -0.05) is 15.9 Å². The normalized spacial score (nSPS) is 11.6. The van der Waals surface area contributed by atoms with Crippen molar-refractivity contribution in [2.45, 2.75) is 19.4 Å². The number of nitrogens with one attached hydrogen (secondary N) is 1. The average Bonchev–Trinajstić information content (AvgIpc) is 2.34. The molecule has 0 aliphatic rings. The number of aliphatic hydroxyl groups is 1.